The molecule has 1 saturated heterocycles. The molecule has 152 valence electrons. The van der Waals surface area contributed by atoms with Gasteiger partial charge in [-0.2, -0.15) is 0 Å². The summed E-state index contributed by atoms with van der Waals surface area (Å²) in [7, 11) is -1.79. The first kappa shape index (κ1) is 20.5. The fourth-order valence-corrected chi connectivity index (χ4v) is 5.02. The predicted octanol–water partition coefficient (Wildman–Crippen LogP) is 2.12. The molecule has 1 aromatic carbocycles. The van der Waals surface area contributed by atoms with Crippen molar-refractivity contribution < 1.29 is 22.7 Å². The average molecular weight is 426 g/mol. The van der Waals surface area contributed by atoms with Gasteiger partial charge >= 0.3 is 0 Å². The lowest BCUT2D eigenvalue weighted by atomic mass is 9.94. The Morgan fingerprint density at radius 3 is 2.50 bits per heavy atom. The number of aromatic nitrogens is 2. The van der Waals surface area contributed by atoms with Gasteiger partial charge in [0.05, 0.1) is 12.8 Å². The summed E-state index contributed by atoms with van der Waals surface area (Å²) < 4.78 is 38.9. The summed E-state index contributed by atoms with van der Waals surface area (Å²) in [5.41, 5.74) is 0.526. The zero-order valence-corrected chi connectivity index (χ0v) is 17.6. The van der Waals surface area contributed by atoms with E-state index in [-0.39, 0.29) is 16.0 Å². The van der Waals surface area contributed by atoms with Crippen LogP contribution in [-0.2, 0) is 14.6 Å². The van der Waals surface area contributed by atoms with Crippen LogP contribution in [0.15, 0.2) is 28.5 Å². The number of ether oxygens (including phenoxy) is 2. The molecule has 0 aliphatic carbocycles. The summed E-state index contributed by atoms with van der Waals surface area (Å²) in [5.74, 6) is 0.972. The number of hydrogen-bond acceptors (Lipinski definition) is 8. The first-order chi connectivity index (χ1) is 13.3. The molecule has 0 bridgehead atoms. The molecule has 1 fully saturated rings. The van der Waals surface area contributed by atoms with Crippen molar-refractivity contribution in [1.29, 1.82) is 0 Å². The van der Waals surface area contributed by atoms with Crippen LogP contribution in [0.25, 0.3) is 0 Å². The standard InChI is InChI=1S/C18H23N3O5S2/c1-12(26-15-7-5-4-6-14(15)25-2)17(22)21-10-8-13(9-11-21)16-18(27-20-19-16)28(3,23)24/h4-7,12-13H,8-11H2,1-3H3/t12-/m1/s1. The molecule has 28 heavy (non-hydrogen) atoms. The van der Waals surface area contributed by atoms with Crippen LogP contribution < -0.4 is 9.47 Å². The van der Waals surface area contributed by atoms with Crippen LogP contribution in [-0.4, -0.2) is 61.4 Å². The molecular formula is C18H23N3O5S2. The SMILES string of the molecule is COc1ccccc1O[C@H](C)C(=O)N1CCC(c2nnsc2S(C)(=O)=O)CC1. The van der Waals surface area contributed by atoms with E-state index in [0.29, 0.717) is 43.1 Å². The van der Waals surface area contributed by atoms with Crippen LogP contribution in [0.5, 0.6) is 11.5 Å². The van der Waals surface area contributed by atoms with Gasteiger partial charge in [0.25, 0.3) is 5.91 Å². The Labute approximate surface area is 168 Å². The van der Waals surface area contributed by atoms with Crippen LogP contribution in [0, 0.1) is 0 Å². The third-order valence-corrected chi connectivity index (χ3v) is 7.28. The van der Waals surface area contributed by atoms with Gasteiger partial charge in [-0.1, -0.05) is 16.6 Å². The molecule has 2 aromatic rings. The zero-order valence-electron chi connectivity index (χ0n) is 16.0. The smallest absolute Gasteiger partial charge is 0.263 e. The molecule has 10 heteroatoms. The molecule has 1 amide bonds. The van der Waals surface area contributed by atoms with Crippen LogP contribution in [0.2, 0.25) is 0 Å². The van der Waals surface area contributed by atoms with Gasteiger partial charge in [0.1, 0.15) is 0 Å². The number of amides is 1. The maximum Gasteiger partial charge on any atom is 0.263 e. The van der Waals surface area contributed by atoms with Gasteiger partial charge < -0.3 is 14.4 Å². The Bertz CT molecular complexity index is 936. The third kappa shape index (κ3) is 4.44. The fraction of sp³-hybridized carbons (Fsp3) is 0.500. The van der Waals surface area contributed by atoms with Crippen molar-refractivity contribution in [1.82, 2.24) is 14.5 Å². The largest absolute Gasteiger partial charge is 0.493 e. The molecule has 3 rings (SSSR count). The summed E-state index contributed by atoms with van der Waals surface area (Å²) >= 11 is 0.905. The molecule has 0 radical (unpaired) electrons. The summed E-state index contributed by atoms with van der Waals surface area (Å²) in [6.07, 6.45) is 1.80. The Morgan fingerprint density at radius 1 is 1.25 bits per heavy atom. The second-order valence-corrected chi connectivity index (χ2v) is 9.69. The summed E-state index contributed by atoms with van der Waals surface area (Å²) in [4.78, 5) is 14.5. The first-order valence-electron chi connectivity index (χ1n) is 8.92. The summed E-state index contributed by atoms with van der Waals surface area (Å²) in [5, 5.41) is 4.03. The van der Waals surface area contributed by atoms with Gasteiger partial charge in [-0.3, -0.25) is 4.79 Å². The Balaban J connectivity index is 1.62. The predicted molar refractivity (Wildman–Crippen MR) is 105 cm³/mol. The highest BCUT2D eigenvalue weighted by atomic mass is 32.2. The molecule has 1 aromatic heterocycles. The van der Waals surface area contributed by atoms with Crippen molar-refractivity contribution in [3.8, 4) is 11.5 Å². The van der Waals surface area contributed by atoms with E-state index in [1.54, 1.807) is 31.1 Å². The summed E-state index contributed by atoms with van der Waals surface area (Å²) in [6.45, 7) is 2.75. The Kier molecular flexibility index (Phi) is 6.19. The Morgan fingerprint density at radius 2 is 1.89 bits per heavy atom. The first-order valence-corrected chi connectivity index (χ1v) is 11.6. The number of carbonyl (C=O) groups is 1. The second-order valence-electron chi connectivity index (χ2n) is 6.73. The number of para-hydroxylation sites is 2. The van der Waals surface area contributed by atoms with Gasteiger partial charge in [0, 0.05) is 36.8 Å². The van der Waals surface area contributed by atoms with Crippen LogP contribution in [0.4, 0.5) is 0 Å². The molecule has 0 unspecified atom stereocenters. The van der Waals surface area contributed by atoms with Crippen molar-refractivity contribution >= 4 is 27.3 Å². The fourth-order valence-electron chi connectivity index (χ4n) is 3.28. The number of nitrogens with zero attached hydrogens (tertiary/aromatic N) is 3. The quantitative estimate of drug-likeness (QED) is 0.699. The van der Waals surface area contributed by atoms with E-state index in [0.717, 1.165) is 11.5 Å². The minimum Gasteiger partial charge on any atom is -0.493 e. The van der Waals surface area contributed by atoms with E-state index >= 15 is 0 Å². The highest BCUT2D eigenvalue weighted by Gasteiger charge is 2.32. The van der Waals surface area contributed by atoms with E-state index in [4.69, 9.17) is 9.47 Å². The lowest BCUT2D eigenvalue weighted by Gasteiger charge is -2.33. The number of rotatable bonds is 6. The van der Waals surface area contributed by atoms with E-state index in [1.165, 1.54) is 6.26 Å². The number of likely N-dealkylation sites (tertiary alicyclic amines) is 1. The number of piperidine rings is 1. The molecule has 0 spiro atoms. The molecule has 8 nitrogen and oxygen atoms in total. The van der Waals surface area contributed by atoms with E-state index in [9.17, 15) is 13.2 Å². The minimum atomic E-state index is -3.34. The van der Waals surface area contributed by atoms with Crippen molar-refractivity contribution in [2.75, 3.05) is 26.5 Å². The van der Waals surface area contributed by atoms with Crippen LogP contribution in [0.1, 0.15) is 31.4 Å². The minimum absolute atomic E-state index is 0.0158. The maximum absolute atomic E-state index is 12.8. The highest BCUT2D eigenvalue weighted by Crippen LogP contribution is 2.33. The van der Waals surface area contributed by atoms with Gasteiger partial charge in [-0.25, -0.2) is 8.42 Å². The number of carbonyl (C=O) groups excluding carboxylic acids is 1. The molecule has 1 aliphatic heterocycles. The molecule has 1 aliphatic rings. The van der Waals surface area contributed by atoms with Gasteiger partial charge in [-0.05, 0) is 31.9 Å². The molecule has 0 saturated carbocycles. The monoisotopic (exact) mass is 425 g/mol. The van der Waals surface area contributed by atoms with Gasteiger partial charge in [0.2, 0.25) is 0 Å². The Hall–Kier alpha value is -2.20. The lowest BCUT2D eigenvalue weighted by Crippen LogP contribution is -2.44. The van der Waals surface area contributed by atoms with Crippen molar-refractivity contribution in [2.45, 2.75) is 36.0 Å². The van der Waals surface area contributed by atoms with Gasteiger partial charge in [-0.15, -0.1) is 5.10 Å². The molecule has 2 heterocycles. The van der Waals surface area contributed by atoms with E-state index < -0.39 is 15.9 Å². The average Bonchev–Trinajstić information content (AvgIpc) is 3.18. The summed E-state index contributed by atoms with van der Waals surface area (Å²) in [6, 6.07) is 7.19. The van der Waals surface area contributed by atoms with Crippen molar-refractivity contribution in [3.05, 3.63) is 30.0 Å². The number of sulfone groups is 1. The molecule has 0 N–H and O–H groups in total. The van der Waals surface area contributed by atoms with Crippen molar-refractivity contribution in [3.63, 3.8) is 0 Å². The topological polar surface area (TPSA) is 98.7 Å². The highest BCUT2D eigenvalue weighted by molar-refractivity contribution is 7.92. The normalized spacial score (nSPS) is 16.6. The second kappa shape index (κ2) is 8.44. The number of methoxy groups -OCH3 is 1. The number of hydrogen-bond donors (Lipinski definition) is 0. The maximum atomic E-state index is 12.8. The molecular weight excluding hydrogens is 402 g/mol. The molecule has 1 atom stereocenters. The van der Waals surface area contributed by atoms with E-state index in [1.807, 2.05) is 12.1 Å². The van der Waals surface area contributed by atoms with Gasteiger partial charge in [0.15, 0.2) is 31.6 Å². The van der Waals surface area contributed by atoms with Crippen LogP contribution >= 0.6 is 11.5 Å². The number of benzene rings is 1. The van der Waals surface area contributed by atoms with Crippen LogP contribution in [0.3, 0.4) is 0 Å². The lowest BCUT2D eigenvalue weighted by molar-refractivity contribution is -0.139. The zero-order chi connectivity index (χ0) is 20.3. The van der Waals surface area contributed by atoms with E-state index in [2.05, 4.69) is 9.59 Å². The van der Waals surface area contributed by atoms with Crippen molar-refractivity contribution in [2.24, 2.45) is 0 Å². The third-order valence-electron chi connectivity index (χ3n) is 4.73.